The summed E-state index contributed by atoms with van der Waals surface area (Å²) in [6, 6.07) is -0.900. The van der Waals surface area contributed by atoms with Crippen molar-refractivity contribution in [3.8, 4) is 0 Å². The normalized spacial score (nSPS) is 14.3. The van der Waals surface area contributed by atoms with Crippen LogP contribution in [0.3, 0.4) is 0 Å². The van der Waals surface area contributed by atoms with E-state index in [1.54, 1.807) is 0 Å². The van der Waals surface area contributed by atoms with Gasteiger partial charge in [-0.1, -0.05) is 247 Å². The van der Waals surface area contributed by atoms with E-state index in [9.17, 15) is 19.0 Å². The third kappa shape index (κ3) is 57.4. The average Bonchev–Trinajstić information content (AvgIpc) is 3.39. The van der Waals surface area contributed by atoms with Gasteiger partial charge < -0.3 is 28.5 Å². The molecular weight excluding hydrogens is 976 g/mol. The van der Waals surface area contributed by atoms with Gasteiger partial charge in [0.1, 0.15) is 19.3 Å². The molecule has 0 aromatic heterocycles. The van der Waals surface area contributed by atoms with Gasteiger partial charge in [0.2, 0.25) is 5.91 Å². The first-order valence-electron chi connectivity index (χ1n) is 31.5. The topological polar surface area (TPSA) is 114 Å². The van der Waals surface area contributed by atoms with Crippen molar-refractivity contribution in [1.82, 2.24) is 5.32 Å². The zero-order valence-corrected chi connectivity index (χ0v) is 51.5. The van der Waals surface area contributed by atoms with Gasteiger partial charge in [0.25, 0.3) is 7.82 Å². The Hall–Kier alpha value is -3.07. The highest BCUT2D eigenvalue weighted by Crippen LogP contribution is 2.38. The molecule has 444 valence electrons. The zero-order chi connectivity index (χ0) is 56.4. The monoisotopic (exact) mass is 1090 g/mol. The first kappa shape index (κ1) is 73.9. The standard InChI is InChI=1S/C67H119N2O7P/c1-7-10-13-16-19-22-25-28-30-31-32-33-34-35-36-37-38-39-40-42-45-48-51-54-57-60-67(71)76-65(58-55-52-49-46-43-27-24-21-18-15-12-9-3)64(63-75-77(72,73)74-62-61-69(4,5)6)68-66(70)59-56-53-50-47-44-41-29-26-23-20-17-14-11-8-2/h10-11,13-14,19-20,22-23,28,30,32-33,35-36,55,58,64-65H,7-9,12,15-18,21,24-27,29,31,34,37-54,56-57,59-63H2,1-6H3,(H-,68,70,72,73)/b13-10-,14-11+,22-19-,23-20+,30-28-,33-32-,36-35-,58-55-. The Morgan fingerprint density at radius 3 is 1.25 bits per heavy atom. The molecule has 3 atom stereocenters. The van der Waals surface area contributed by atoms with Gasteiger partial charge in [0.05, 0.1) is 33.8 Å². The highest BCUT2D eigenvalue weighted by Gasteiger charge is 2.27. The van der Waals surface area contributed by atoms with Crippen LogP contribution in [0.5, 0.6) is 0 Å². The van der Waals surface area contributed by atoms with Crippen molar-refractivity contribution in [1.29, 1.82) is 0 Å². The van der Waals surface area contributed by atoms with Crippen LogP contribution >= 0.6 is 7.82 Å². The molecule has 0 aliphatic rings. The fourth-order valence-electron chi connectivity index (χ4n) is 8.70. The number of hydrogen-bond donors (Lipinski definition) is 1. The highest BCUT2D eigenvalue weighted by molar-refractivity contribution is 7.45. The zero-order valence-electron chi connectivity index (χ0n) is 50.6. The fourth-order valence-corrected chi connectivity index (χ4v) is 9.43. The van der Waals surface area contributed by atoms with Crippen LogP contribution in [-0.2, 0) is 27.9 Å². The molecule has 0 fully saturated rings. The van der Waals surface area contributed by atoms with Crippen molar-refractivity contribution in [2.75, 3.05) is 40.9 Å². The van der Waals surface area contributed by atoms with Gasteiger partial charge in [-0.25, -0.2) is 0 Å². The van der Waals surface area contributed by atoms with Crippen LogP contribution in [0.25, 0.3) is 0 Å². The second kappa shape index (κ2) is 56.2. The highest BCUT2D eigenvalue weighted by atomic mass is 31.2. The van der Waals surface area contributed by atoms with E-state index in [0.717, 1.165) is 128 Å². The number of amides is 1. The van der Waals surface area contributed by atoms with E-state index in [4.69, 9.17) is 13.8 Å². The Kier molecular flexibility index (Phi) is 54.0. The summed E-state index contributed by atoms with van der Waals surface area (Å²) in [5, 5.41) is 3.02. The number of esters is 1. The summed E-state index contributed by atoms with van der Waals surface area (Å²) >= 11 is 0. The predicted octanol–water partition coefficient (Wildman–Crippen LogP) is 18.9. The van der Waals surface area contributed by atoms with Crippen molar-refractivity contribution >= 4 is 19.7 Å². The quantitative estimate of drug-likeness (QED) is 0.0212. The van der Waals surface area contributed by atoms with Crippen LogP contribution in [0.4, 0.5) is 0 Å². The molecule has 3 unspecified atom stereocenters. The molecule has 0 saturated heterocycles. The molecule has 0 aliphatic carbocycles. The minimum absolute atomic E-state index is 0.0289. The first-order valence-corrected chi connectivity index (χ1v) is 33.0. The third-order valence-electron chi connectivity index (χ3n) is 13.5. The van der Waals surface area contributed by atoms with Crippen molar-refractivity contribution in [3.63, 3.8) is 0 Å². The molecule has 0 aromatic carbocycles. The average molecular weight is 1100 g/mol. The van der Waals surface area contributed by atoms with Crippen LogP contribution in [0.1, 0.15) is 265 Å². The summed E-state index contributed by atoms with van der Waals surface area (Å²) < 4.78 is 30.3. The smallest absolute Gasteiger partial charge is 0.306 e. The molecule has 0 aliphatic heterocycles. The Labute approximate surface area is 475 Å². The summed E-state index contributed by atoms with van der Waals surface area (Å²) in [5.74, 6) is -0.560. The van der Waals surface area contributed by atoms with Crippen LogP contribution in [-0.4, -0.2) is 69.4 Å². The second-order valence-corrected chi connectivity index (χ2v) is 23.6. The molecule has 10 heteroatoms. The van der Waals surface area contributed by atoms with Gasteiger partial charge >= 0.3 is 5.97 Å². The van der Waals surface area contributed by atoms with E-state index in [0.29, 0.717) is 17.4 Å². The lowest BCUT2D eigenvalue weighted by Gasteiger charge is -2.30. The van der Waals surface area contributed by atoms with E-state index in [-0.39, 0.29) is 24.9 Å². The molecular formula is C67H119N2O7P. The number of allylic oxidation sites excluding steroid dienone is 15. The molecule has 9 nitrogen and oxygen atoms in total. The number of unbranched alkanes of at least 4 members (excludes halogenated alkanes) is 26. The van der Waals surface area contributed by atoms with E-state index < -0.39 is 26.6 Å². The maximum Gasteiger partial charge on any atom is 0.306 e. The largest absolute Gasteiger partial charge is 0.756 e. The second-order valence-electron chi connectivity index (χ2n) is 22.1. The SMILES string of the molecule is CC/C=C\C/C=C\C/C=C\C/C=C\C/C=C\CCCCCCCCCCCC(=O)OC(/C=C\CCCCCCCCCCCC)C(COP(=O)([O-])OCC[N+](C)(C)C)NC(=O)CCCCCCCCC/C=C/C/C=C/CC. The number of hydrogen-bond acceptors (Lipinski definition) is 7. The Balaban J connectivity index is 5.17. The Bertz CT molecular complexity index is 1640. The van der Waals surface area contributed by atoms with Gasteiger partial charge in [-0.2, -0.15) is 0 Å². The summed E-state index contributed by atoms with van der Waals surface area (Å²) in [6.07, 6.45) is 75.2. The number of carbonyl (C=O) groups excluding carboxylic acids is 2. The number of rotatable bonds is 56. The van der Waals surface area contributed by atoms with Crippen molar-refractivity contribution in [2.24, 2.45) is 0 Å². The van der Waals surface area contributed by atoms with Crippen LogP contribution in [0.15, 0.2) is 97.2 Å². The molecule has 77 heavy (non-hydrogen) atoms. The van der Waals surface area contributed by atoms with E-state index in [1.165, 1.54) is 103 Å². The summed E-state index contributed by atoms with van der Waals surface area (Å²) in [7, 11) is 1.17. The van der Waals surface area contributed by atoms with Gasteiger partial charge in [0, 0.05) is 12.8 Å². The number of quaternary nitrogens is 1. The maximum atomic E-state index is 13.5. The molecule has 0 radical (unpaired) electrons. The number of nitrogens with zero attached hydrogens (tertiary/aromatic N) is 1. The lowest BCUT2D eigenvalue weighted by Crippen LogP contribution is -2.47. The summed E-state index contributed by atoms with van der Waals surface area (Å²) in [6.45, 7) is 6.61. The molecule has 0 saturated carbocycles. The maximum absolute atomic E-state index is 13.5. The lowest BCUT2D eigenvalue weighted by atomic mass is 10.0. The molecule has 0 spiro atoms. The molecule has 0 rings (SSSR count). The number of nitrogens with one attached hydrogen (secondary N) is 1. The van der Waals surface area contributed by atoms with Gasteiger partial charge in [-0.3, -0.25) is 14.2 Å². The van der Waals surface area contributed by atoms with E-state index in [2.05, 4.69) is 111 Å². The predicted molar refractivity (Wildman–Crippen MR) is 330 cm³/mol. The Morgan fingerprint density at radius 2 is 0.831 bits per heavy atom. The number of carbonyl (C=O) groups is 2. The summed E-state index contributed by atoms with van der Waals surface area (Å²) in [4.78, 5) is 40.0. The third-order valence-corrected chi connectivity index (χ3v) is 14.5. The van der Waals surface area contributed by atoms with Gasteiger partial charge in [-0.05, 0) is 102 Å². The number of phosphoric acid groups is 1. The fraction of sp³-hybridized carbons (Fsp3) is 0.731. The summed E-state index contributed by atoms with van der Waals surface area (Å²) in [5.41, 5.74) is 0. The number of likely N-dealkylation sites (N-methyl/N-ethyl adjacent to an activating group) is 1. The molecule has 1 N–H and O–H groups in total. The van der Waals surface area contributed by atoms with E-state index in [1.807, 2.05) is 33.3 Å². The lowest BCUT2D eigenvalue weighted by molar-refractivity contribution is -0.870. The molecule has 0 bridgehead atoms. The molecule has 0 heterocycles. The molecule has 0 aromatic rings. The minimum atomic E-state index is -4.71. The van der Waals surface area contributed by atoms with Crippen LogP contribution in [0, 0.1) is 0 Å². The first-order chi connectivity index (χ1) is 37.4. The number of ether oxygens (including phenoxy) is 1. The van der Waals surface area contributed by atoms with Gasteiger partial charge in [-0.15, -0.1) is 0 Å². The minimum Gasteiger partial charge on any atom is -0.756 e. The Morgan fingerprint density at radius 1 is 0.468 bits per heavy atom. The van der Waals surface area contributed by atoms with Crippen LogP contribution in [0.2, 0.25) is 0 Å². The van der Waals surface area contributed by atoms with Crippen molar-refractivity contribution < 1.29 is 37.3 Å². The van der Waals surface area contributed by atoms with Crippen molar-refractivity contribution in [3.05, 3.63) is 97.2 Å². The number of phosphoric ester groups is 1. The van der Waals surface area contributed by atoms with Crippen LogP contribution < -0.4 is 10.2 Å². The van der Waals surface area contributed by atoms with E-state index >= 15 is 0 Å². The molecule has 1 amide bonds. The van der Waals surface area contributed by atoms with Crippen molar-refractivity contribution in [2.45, 2.75) is 277 Å². The van der Waals surface area contributed by atoms with Gasteiger partial charge in [0.15, 0.2) is 0 Å².